The zero-order chi connectivity index (χ0) is 14.1. The molecule has 0 aliphatic carbocycles. The number of rotatable bonds is 3. The first-order valence-electron chi connectivity index (χ1n) is 6.18. The Bertz CT molecular complexity index is 805. The Morgan fingerprint density at radius 2 is 1.95 bits per heavy atom. The molecule has 2 aromatic carbocycles. The van der Waals surface area contributed by atoms with Crippen molar-refractivity contribution in [1.82, 2.24) is 9.55 Å². The highest BCUT2D eigenvalue weighted by Gasteiger charge is 2.06. The van der Waals surface area contributed by atoms with E-state index in [4.69, 9.17) is 17.0 Å². The van der Waals surface area contributed by atoms with E-state index in [1.807, 2.05) is 24.3 Å². The zero-order valence-electron chi connectivity index (χ0n) is 10.9. The number of aromatic nitrogens is 2. The minimum Gasteiger partial charge on any atom is -0.497 e. The maximum absolute atomic E-state index is 5.41. The number of methoxy groups -OCH3 is 1. The van der Waals surface area contributed by atoms with E-state index in [1.165, 1.54) is 5.56 Å². The highest BCUT2D eigenvalue weighted by Crippen LogP contribution is 2.21. The fourth-order valence-corrected chi connectivity index (χ4v) is 2.82. The van der Waals surface area contributed by atoms with E-state index >= 15 is 0 Å². The number of halogens is 1. The van der Waals surface area contributed by atoms with Crippen molar-refractivity contribution < 1.29 is 4.74 Å². The first-order valence-corrected chi connectivity index (χ1v) is 7.38. The molecule has 1 heterocycles. The molecule has 3 aromatic rings. The first kappa shape index (κ1) is 13.4. The number of H-pyrrole nitrogens is 1. The average molecular weight is 349 g/mol. The van der Waals surface area contributed by atoms with Crippen LogP contribution in [0.3, 0.4) is 0 Å². The second-order valence-corrected chi connectivity index (χ2v) is 5.83. The minimum atomic E-state index is 0.730. The summed E-state index contributed by atoms with van der Waals surface area (Å²) < 4.78 is 9.04. The van der Waals surface area contributed by atoms with Crippen molar-refractivity contribution in [1.29, 1.82) is 0 Å². The molecule has 0 spiro atoms. The molecule has 0 unspecified atom stereocenters. The number of fused-ring (bicyclic) bond motifs is 1. The van der Waals surface area contributed by atoms with E-state index in [9.17, 15) is 0 Å². The van der Waals surface area contributed by atoms with Gasteiger partial charge in [0.05, 0.1) is 24.7 Å². The molecule has 102 valence electrons. The van der Waals surface area contributed by atoms with Gasteiger partial charge in [0.1, 0.15) is 5.75 Å². The zero-order valence-corrected chi connectivity index (χ0v) is 13.3. The first-order chi connectivity index (χ1) is 9.67. The standard InChI is InChI=1S/C15H13BrN2OS/c1-19-12-5-2-10(3-6-12)9-18-14-8-11(16)4-7-13(14)17-15(18)20/h2-8H,9H2,1H3,(H,17,20). The number of nitrogens with zero attached hydrogens (tertiary/aromatic N) is 1. The largest absolute Gasteiger partial charge is 0.497 e. The van der Waals surface area contributed by atoms with Gasteiger partial charge >= 0.3 is 0 Å². The van der Waals surface area contributed by atoms with Crippen LogP contribution in [0.1, 0.15) is 5.56 Å². The van der Waals surface area contributed by atoms with Crippen molar-refractivity contribution in [2.45, 2.75) is 6.54 Å². The molecule has 0 amide bonds. The van der Waals surface area contributed by atoms with Gasteiger partial charge in [-0.15, -0.1) is 0 Å². The van der Waals surface area contributed by atoms with Gasteiger partial charge in [-0.3, -0.25) is 0 Å². The summed E-state index contributed by atoms with van der Waals surface area (Å²) in [4.78, 5) is 3.23. The van der Waals surface area contributed by atoms with Crippen LogP contribution in [0.2, 0.25) is 0 Å². The summed E-state index contributed by atoms with van der Waals surface area (Å²) in [6, 6.07) is 14.1. The van der Waals surface area contributed by atoms with Crippen molar-refractivity contribution in [3.05, 3.63) is 57.3 Å². The van der Waals surface area contributed by atoms with E-state index in [-0.39, 0.29) is 0 Å². The molecule has 1 aromatic heterocycles. The number of aromatic amines is 1. The van der Waals surface area contributed by atoms with Gasteiger partial charge in [-0.25, -0.2) is 0 Å². The van der Waals surface area contributed by atoms with Crippen LogP contribution in [0.4, 0.5) is 0 Å². The number of hydrogen-bond acceptors (Lipinski definition) is 2. The van der Waals surface area contributed by atoms with Crippen LogP contribution in [0.5, 0.6) is 5.75 Å². The summed E-state index contributed by atoms with van der Waals surface area (Å²) in [6.45, 7) is 0.735. The lowest BCUT2D eigenvalue weighted by Crippen LogP contribution is -1.99. The molecule has 0 bridgehead atoms. The Kier molecular flexibility index (Phi) is 3.63. The molecular weight excluding hydrogens is 336 g/mol. The van der Waals surface area contributed by atoms with Gasteiger partial charge in [-0.1, -0.05) is 28.1 Å². The SMILES string of the molecule is COc1ccc(Cn2c(=S)[nH]c3ccc(Br)cc32)cc1. The molecule has 3 rings (SSSR count). The Morgan fingerprint density at radius 1 is 1.20 bits per heavy atom. The third-order valence-corrected chi connectivity index (χ3v) is 4.05. The smallest absolute Gasteiger partial charge is 0.178 e. The van der Waals surface area contributed by atoms with E-state index in [0.29, 0.717) is 0 Å². The monoisotopic (exact) mass is 348 g/mol. The van der Waals surface area contributed by atoms with Gasteiger partial charge in [0, 0.05) is 4.47 Å². The fraction of sp³-hybridized carbons (Fsp3) is 0.133. The number of hydrogen-bond donors (Lipinski definition) is 1. The molecule has 0 aliphatic rings. The summed E-state index contributed by atoms with van der Waals surface area (Å²) in [6.07, 6.45) is 0. The molecule has 20 heavy (non-hydrogen) atoms. The molecule has 5 heteroatoms. The Balaban J connectivity index is 2.03. The van der Waals surface area contributed by atoms with Crippen molar-refractivity contribution in [3.63, 3.8) is 0 Å². The molecule has 0 fully saturated rings. The quantitative estimate of drug-likeness (QED) is 0.705. The van der Waals surface area contributed by atoms with E-state index in [2.05, 4.69) is 43.7 Å². The molecule has 1 N–H and O–H groups in total. The topological polar surface area (TPSA) is 29.9 Å². The highest BCUT2D eigenvalue weighted by atomic mass is 79.9. The van der Waals surface area contributed by atoms with E-state index in [1.54, 1.807) is 7.11 Å². The van der Waals surface area contributed by atoms with Crippen LogP contribution >= 0.6 is 28.1 Å². The van der Waals surface area contributed by atoms with Crippen molar-refractivity contribution >= 4 is 39.2 Å². The van der Waals surface area contributed by atoms with E-state index < -0.39 is 0 Å². The Labute approximate surface area is 130 Å². The number of nitrogens with one attached hydrogen (secondary N) is 1. The molecule has 0 aliphatic heterocycles. The molecule has 3 nitrogen and oxygen atoms in total. The van der Waals surface area contributed by atoms with Crippen LogP contribution in [0, 0.1) is 4.77 Å². The highest BCUT2D eigenvalue weighted by molar-refractivity contribution is 9.10. The summed E-state index contributed by atoms with van der Waals surface area (Å²) in [5.74, 6) is 0.860. The lowest BCUT2D eigenvalue weighted by atomic mass is 10.2. The second-order valence-electron chi connectivity index (χ2n) is 4.53. The molecule has 0 radical (unpaired) electrons. The van der Waals surface area contributed by atoms with Crippen LogP contribution in [0.15, 0.2) is 46.9 Å². The third kappa shape index (κ3) is 2.51. The minimum absolute atomic E-state index is 0.730. The second kappa shape index (κ2) is 5.42. The number of benzene rings is 2. The van der Waals surface area contributed by atoms with Gasteiger partial charge in [0.2, 0.25) is 0 Å². The summed E-state index contributed by atoms with van der Waals surface area (Å²) >= 11 is 8.91. The molecule has 0 saturated heterocycles. The van der Waals surface area contributed by atoms with Gasteiger partial charge in [-0.05, 0) is 48.1 Å². The van der Waals surface area contributed by atoms with Gasteiger partial charge in [0.25, 0.3) is 0 Å². The predicted molar refractivity (Wildman–Crippen MR) is 86.9 cm³/mol. The maximum Gasteiger partial charge on any atom is 0.178 e. The number of imidazole rings is 1. The van der Waals surface area contributed by atoms with Crippen LogP contribution in [0.25, 0.3) is 11.0 Å². The van der Waals surface area contributed by atoms with Crippen molar-refractivity contribution in [2.24, 2.45) is 0 Å². The Morgan fingerprint density at radius 3 is 2.65 bits per heavy atom. The van der Waals surface area contributed by atoms with Crippen molar-refractivity contribution in [2.75, 3.05) is 7.11 Å². The summed E-state index contributed by atoms with van der Waals surface area (Å²) in [5.41, 5.74) is 3.33. The fourth-order valence-electron chi connectivity index (χ4n) is 2.20. The van der Waals surface area contributed by atoms with Gasteiger partial charge < -0.3 is 14.3 Å². The molecule has 0 atom stereocenters. The summed E-state index contributed by atoms with van der Waals surface area (Å²) in [5, 5.41) is 0. The van der Waals surface area contributed by atoms with Gasteiger partial charge in [0.15, 0.2) is 4.77 Å². The van der Waals surface area contributed by atoms with Crippen LogP contribution in [-0.4, -0.2) is 16.7 Å². The predicted octanol–water partition coefficient (Wildman–Crippen LogP) is 4.52. The van der Waals surface area contributed by atoms with Crippen molar-refractivity contribution in [3.8, 4) is 5.75 Å². The van der Waals surface area contributed by atoms with Gasteiger partial charge in [-0.2, -0.15) is 0 Å². The third-order valence-electron chi connectivity index (χ3n) is 3.24. The van der Waals surface area contributed by atoms with Crippen LogP contribution < -0.4 is 4.74 Å². The lowest BCUT2D eigenvalue weighted by Gasteiger charge is -2.06. The number of ether oxygens (including phenoxy) is 1. The maximum atomic E-state index is 5.41. The normalized spacial score (nSPS) is 10.9. The lowest BCUT2D eigenvalue weighted by molar-refractivity contribution is 0.414. The molecular formula is C15H13BrN2OS. The Hall–Kier alpha value is -1.59. The average Bonchev–Trinajstić information content (AvgIpc) is 2.76. The molecule has 0 saturated carbocycles. The van der Waals surface area contributed by atoms with E-state index in [0.717, 1.165) is 32.6 Å². The van der Waals surface area contributed by atoms with Crippen LogP contribution in [-0.2, 0) is 6.54 Å². The summed E-state index contributed by atoms with van der Waals surface area (Å²) in [7, 11) is 1.67.